The minimum absolute atomic E-state index is 0.0249. The number of carbonyl (C=O) groups excluding carboxylic acids is 1. The number of hydrogen-bond donors (Lipinski definition) is 2. The summed E-state index contributed by atoms with van der Waals surface area (Å²) in [5, 5.41) is 6.37. The fourth-order valence-electron chi connectivity index (χ4n) is 2.86. The lowest BCUT2D eigenvalue weighted by molar-refractivity contribution is -0.115. The largest absolute Gasteiger partial charge is 0.324 e. The first-order chi connectivity index (χ1) is 11.9. The molecule has 1 unspecified atom stereocenters. The van der Waals surface area contributed by atoms with Gasteiger partial charge in [-0.1, -0.05) is 52.0 Å². The molecule has 1 aromatic heterocycles. The van der Waals surface area contributed by atoms with Crippen molar-refractivity contribution in [1.82, 2.24) is 10.3 Å². The molecule has 0 bridgehead atoms. The summed E-state index contributed by atoms with van der Waals surface area (Å²) in [6.07, 6.45) is 1.77. The number of rotatable bonds is 7. The Morgan fingerprint density at radius 1 is 0.960 bits per heavy atom. The van der Waals surface area contributed by atoms with Crippen LogP contribution < -0.4 is 10.6 Å². The monoisotopic (exact) mass is 339 g/mol. The SMILES string of the molecule is CC(C)c1cccc(C(C)C)c1NC(=O)CNC(C)c1ccccn1. The molecule has 0 aliphatic carbocycles. The number of pyridine rings is 1. The van der Waals surface area contributed by atoms with Gasteiger partial charge in [-0.3, -0.25) is 9.78 Å². The third-order valence-corrected chi connectivity index (χ3v) is 4.34. The summed E-state index contributed by atoms with van der Waals surface area (Å²) in [6.45, 7) is 10.9. The Kier molecular flexibility index (Phi) is 6.71. The second-order valence-electron chi connectivity index (χ2n) is 7.03. The van der Waals surface area contributed by atoms with E-state index in [2.05, 4.69) is 61.5 Å². The first-order valence-electron chi connectivity index (χ1n) is 8.97. The van der Waals surface area contributed by atoms with Gasteiger partial charge in [0, 0.05) is 17.9 Å². The molecule has 1 amide bonds. The Hall–Kier alpha value is -2.20. The van der Waals surface area contributed by atoms with Crippen LogP contribution in [-0.2, 0) is 4.79 Å². The average molecular weight is 339 g/mol. The quantitative estimate of drug-likeness (QED) is 0.774. The number of para-hydroxylation sites is 1. The van der Waals surface area contributed by atoms with Gasteiger partial charge in [-0.25, -0.2) is 0 Å². The highest BCUT2D eigenvalue weighted by Crippen LogP contribution is 2.32. The molecule has 0 aliphatic rings. The van der Waals surface area contributed by atoms with Crippen molar-refractivity contribution in [3.05, 3.63) is 59.4 Å². The molecule has 0 aliphatic heterocycles. The van der Waals surface area contributed by atoms with E-state index in [4.69, 9.17) is 0 Å². The summed E-state index contributed by atoms with van der Waals surface area (Å²) in [7, 11) is 0. The molecule has 1 aromatic carbocycles. The smallest absolute Gasteiger partial charge is 0.238 e. The normalized spacial score (nSPS) is 12.4. The minimum Gasteiger partial charge on any atom is -0.324 e. The van der Waals surface area contributed by atoms with Crippen molar-refractivity contribution < 1.29 is 4.79 Å². The molecule has 0 spiro atoms. The number of carbonyl (C=O) groups is 1. The van der Waals surface area contributed by atoms with Gasteiger partial charge in [0.2, 0.25) is 5.91 Å². The molecule has 4 heteroatoms. The van der Waals surface area contributed by atoms with Gasteiger partial charge >= 0.3 is 0 Å². The van der Waals surface area contributed by atoms with Crippen molar-refractivity contribution in [2.24, 2.45) is 0 Å². The summed E-state index contributed by atoms with van der Waals surface area (Å²) in [4.78, 5) is 16.8. The van der Waals surface area contributed by atoms with E-state index < -0.39 is 0 Å². The van der Waals surface area contributed by atoms with Gasteiger partial charge < -0.3 is 10.6 Å². The lowest BCUT2D eigenvalue weighted by Crippen LogP contribution is -2.31. The molecule has 0 radical (unpaired) electrons. The highest BCUT2D eigenvalue weighted by atomic mass is 16.1. The summed E-state index contributed by atoms with van der Waals surface area (Å²) < 4.78 is 0. The second-order valence-corrected chi connectivity index (χ2v) is 7.03. The van der Waals surface area contributed by atoms with Gasteiger partial charge in [-0.15, -0.1) is 0 Å². The van der Waals surface area contributed by atoms with Gasteiger partial charge in [-0.05, 0) is 42.0 Å². The lowest BCUT2D eigenvalue weighted by Gasteiger charge is -2.21. The molecule has 2 rings (SSSR count). The summed E-state index contributed by atoms with van der Waals surface area (Å²) in [5.74, 6) is 0.682. The van der Waals surface area contributed by atoms with Crippen molar-refractivity contribution in [2.75, 3.05) is 11.9 Å². The summed E-state index contributed by atoms with van der Waals surface area (Å²) in [5.41, 5.74) is 4.25. The molecule has 2 N–H and O–H groups in total. The van der Waals surface area contributed by atoms with Crippen LogP contribution in [0.1, 0.15) is 69.3 Å². The Labute approximate surface area is 151 Å². The first kappa shape index (κ1) is 19.1. The lowest BCUT2D eigenvalue weighted by atomic mass is 9.92. The van der Waals surface area contributed by atoms with Crippen molar-refractivity contribution >= 4 is 11.6 Å². The van der Waals surface area contributed by atoms with Crippen molar-refractivity contribution in [3.8, 4) is 0 Å². The van der Waals surface area contributed by atoms with Gasteiger partial charge in [0.15, 0.2) is 0 Å². The van der Waals surface area contributed by atoms with E-state index in [9.17, 15) is 4.79 Å². The van der Waals surface area contributed by atoms with Gasteiger partial charge in [0.1, 0.15) is 0 Å². The highest BCUT2D eigenvalue weighted by molar-refractivity contribution is 5.94. The van der Waals surface area contributed by atoms with Crippen molar-refractivity contribution in [3.63, 3.8) is 0 Å². The molecule has 1 atom stereocenters. The maximum atomic E-state index is 12.5. The number of aromatic nitrogens is 1. The predicted molar refractivity (Wildman–Crippen MR) is 104 cm³/mol. The van der Waals surface area contributed by atoms with Crippen LogP contribution >= 0.6 is 0 Å². The number of nitrogens with zero attached hydrogens (tertiary/aromatic N) is 1. The molecule has 25 heavy (non-hydrogen) atoms. The molecular formula is C21H29N3O. The fourth-order valence-corrected chi connectivity index (χ4v) is 2.86. The molecule has 2 aromatic rings. The third-order valence-electron chi connectivity index (χ3n) is 4.34. The molecule has 134 valence electrons. The maximum Gasteiger partial charge on any atom is 0.238 e. The molecule has 0 saturated carbocycles. The maximum absolute atomic E-state index is 12.5. The molecule has 0 saturated heterocycles. The number of anilines is 1. The minimum atomic E-state index is -0.0298. The van der Waals surface area contributed by atoms with Crippen LogP contribution in [0.2, 0.25) is 0 Å². The van der Waals surface area contributed by atoms with E-state index in [0.29, 0.717) is 11.8 Å². The van der Waals surface area contributed by atoms with Gasteiger partial charge in [0.05, 0.1) is 12.2 Å². The second kappa shape index (κ2) is 8.77. The Balaban J connectivity index is 2.07. The van der Waals surface area contributed by atoms with Crippen LogP contribution in [0.3, 0.4) is 0 Å². The van der Waals surface area contributed by atoms with Crippen LogP contribution in [0, 0.1) is 0 Å². The zero-order valence-corrected chi connectivity index (χ0v) is 15.8. The highest BCUT2D eigenvalue weighted by Gasteiger charge is 2.16. The van der Waals surface area contributed by atoms with E-state index >= 15 is 0 Å². The van der Waals surface area contributed by atoms with Crippen molar-refractivity contribution in [1.29, 1.82) is 0 Å². The summed E-state index contributed by atoms with van der Waals surface area (Å²) in [6, 6.07) is 12.1. The predicted octanol–water partition coefficient (Wildman–Crippen LogP) is 4.62. The zero-order chi connectivity index (χ0) is 18.4. The van der Waals surface area contributed by atoms with Gasteiger partial charge in [-0.2, -0.15) is 0 Å². The van der Waals surface area contributed by atoms with Gasteiger partial charge in [0.25, 0.3) is 0 Å². The van der Waals surface area contributed by atoms with E-state index in [1.807, 2.05) is 25.1 Å². The van der Waals surface area contributed by atoms with Crippen LogP contribution in [0.4, 0.5) is 5.69 Å². The third kappa shape index (κ3) is 5.13. The number of amides is 1. The van der Waals surface area contributed by atoms with E-state index in [-0.39, 0.29) is 18.5 Å². The number of benzene rings is 1. The van der Waals surface area contributed by atoms with Crippen LogP contribution in [0.15, 0.2) is 42.6 Å². The fraction of sp³-hybridized carbons (Fsp3) is 0.429. The van der Waals surface area contributed by atoms with E-state index in [0.717, 1.165) is 11.4 Å². The van der Waals surface area contributed by atoms with E-state index in [1.54, 1.807) is 6.20 Å². The average Bonchev–Trinajstić information content (AvgIpc) is 2.60. The molecule has 1 heterocycles. The Bertz CT molecular complexity index is 669. The Morgan fingerprint density at radius 2 is 1.60 bits per heavy atom. The Morgan fingerprint density at radius 3 is 2.12 bits per heavy atom. The first-order valence-corrected chi connectivity index (χ1v) is 8.97. The van der Waals surface area contributed by atoms with E-state index in [1.165, 1.54) is 11.1 Å². The number of hydrogen-bond acceptors (Lipinski definition) is 3. The standard InChI is InChI=1S/C21H29N3O/c1-14(2)17-9-8-10-18(15(3)4)21(17)24-20(25)13-23-16(5)19-11-6-7-12-22-19/h6-12,14-16,23H,13H2,1-5H3,(H,24,25). The van der Waals surface area contributed by atoms with Crippen molar-refractivity contribution in [2.45, 2.75) is 52.5 Å². The molecule has 4 nitrogen and oxygen atoms in total. The van der Waals surface area contributed by atoms with Crippen LogP contribution in [0.5, 0.6) is 0 Å². The molecular weight excluding hydrogens is 310 g/mol. The van der Waals surface area contributed by atoms with Crippen LogP contribution in [-0.4, -0.2) is 17.4 Å². The summed E-state index contributed by atoms with van der Waals surface area (Å²) >= 11 is 0. The number of nitrogens with one attached hydrogen (secondary N) is 2. The topological polar surface area (TPSA) is 54.0 Å². The zero-order valence-electron chi connectivity index (χ0n) is 15.8. The van der Waals surface area contributed by atoms with Crippen LogP contribution in [0.25, 0.3) is 0 Å². The molecule has 0 fully saturated rings.